The Balaban J connectivity index is 2.12. The van der Waals surface area contributed by atoms with Gasteiger partial charge in [-0.15, -0.1) is 5.10 Å². The molecule has 1 saturated heterocycles. The van der Waals surface area contributed by atoms with E-state index < -0.39 is 8.32 Å². The highest BCUT2D eigenvalue weighted by atomic mass is 28.4. The first-order valence-electron chi connectivity index (χ1n) is 9.11. The lowest BCUT2D eigenvalue weighted by atomic mass is 10.1. The maximum absolute atomic E-state index is 12.5. The van der Waals surface area contributed by atoms with Crippen molar-refractivity contribution in [3.63, 3.8) is 0 Å². The van der Waals surface area contributed by atoms with E-state index in [0.717, 1.165) is 12.1 Å². The maximum atomic E-state index is 12.5. The van der Waals surface area contributed by atoms with E-state index in [-0.39, 0.29) is 29.9 Å². The van der Waals surface area contributed by atoms with Gasteiger partial charge >= 0.3 is 6.09 Å². The first-order valence-corrected chi connectivity index (χ1v) is 12.0. The van der Waals surface area contributed by atoms with Crippen LogP contribution in [0.2, 0.25) is 18.1 Å². The van der Waals surface area contributed by atoms with E-state index in [0.29, 0.717) is 13.0 Å². The second kappa shape index (κ2) is 7.92. The summed E-state index contributed by atoms with van der Waals surface area (Å²) in [5, 5.41) is 8.27. The Morgan fingerprint density at radius 2 is 2.15 bits per heavy atom. The summed E-state index contributed by atoms with van der Waals surface area (Å²) in [5.74, 6) is 0. The van der Waals surface area contributed by atoms with Gasteiger partial charge in [-0.1, -0.05) is 38.6 Å². The lowest BCUT2D eigenvalue weighted by Crippen LogP contribution is -2.44. The summed E-state index contributed by atoms with van der Waals surface area (Å²) in [5.41, 5.74) is 0.868. The van der Waals surface area contributed by atoms with E-state index in [1.807, 2.05) is 13.2 Å². The number of nitrogens with zero attached hydrogens (tertiary/aromatic N) is 4. The molecule has 1 aliphatic rings. The average molecular weight is 381 g/mol. The van der Waals surface area contributed by atoms with Gasteiger partial charge in [0.15, 0.2) is 8.32 Å². The molecule has 1 aliphatic heterocycles. The molecule has 0 N–H and O–H groups in total. The minimum Gasteiger partial charge on any atom is -0.445 e. The fourth-order valence-electron chi connectivity index (χ4n) is 2.91. The number of aryl methyl sites for hydroxylation is 1. The molecule has 1 fully saturated rings. The molecule has 8 heteroatoms. The SMILES string of the molecule is C=CCOC(=O)N1C[C@H](O[Si](C)(C)C(C)(C)C)C[C@H]1Cc1cn(C)nn1. The van der Waals surface area contributed by atoms with Gasteiger partial charge in [0.25, 0.3) is 0 Å². The minimum absolute atomic E-state index is 0.00113. The van der Waals surface area contributed by atoms with Crippen molar-refractivity contribution in [1.82, 2.24) is 19.9 Å². The van der Waals surface area contributed by atoms with Gasteiger partial charge in [0.05, 0.1) is 11.8 Å². The van der Waals surface area contributed by atoms with Crippen molar-refractivity contribution in [1.29, 1.82) is 0 Å². The second-order valence-corrected chi connectivity index (χ2v) is 13.3. The van der Waals surface area contributed by atoms with Crippen molar-refractivity contribution in [2.45, 2.75) is 63.9 Å². The molecule has 0 bridgehead atoms. The molecule has 2 rings (SSSR count). The molecule has 0 unspecified atom stereocenters. The fourth-order valence-corrected chi connectivity index (χ4v) is 4.27. The molecular formula is C18H32N4O3Si. The van der Waals surface area contributed by atoms with Gasteiger partial charge in [-0.3, -0.25) is 4.68 Å². The maximum Gasteiger partial charge on any atom is 0.410 e. The molecule has 2 atom stereocenters. The van der Waals surface area contributed by atoms with Gasteiger partial charge in [-0.2, -0.15) is 0 Å². The monoisotopic (exact) mass is 380 g/mol. The molecule has 0 spiro atoms. The van der Waals surface area contributed by atoms with E-state index in [2.05, 4.69) is 50.8 Å². The summed E-state index contributed by atoms with van der Waals surface area (Å²) >= 11 is 0. The quantitative estimate of drug-likeness (QED) is 0.560. The predicted octanol–water partition coefficient (Wildman–Crippen LogP) is 3.14. The van der Waals surface area contributed by atoms with Gasteiger partial charge in [0, 0.05) is 32.3 Å². The second-order valence-electron chi connectivity index (χ2n) is 8.50. The molecule has 7 nitrogen and oxygen atoms in total. The number of aromatic nitrogens is 3. The first kappa shape index (κ1) is 20.6. The van der Waals surface area contributed by atoms with Gasteiger partial charge in [0.2, 0.25) is 0 Å². The highest BCUT2D eigenvalue weighted by Gasteiger charge is 2.44. The van der Waals surface area contributed by atoms with E-state index in [1.54, 1.807) is 15.7 Å². The van der Waals surface area contributed by atoms with Gasteiger partial charge < -0.3 is 14.1 Å². The Kier molecular flexibility index (Phi) is 6.28. The average Bonchev–Trinajstić information content (AvgIpc) is 3.10. The van der Waals surface area contributed by atoms with E-state index >= 15 is 0 Å². The third-order valence-corrected chi connectivity index (χ3v) is 9.83. The summed E-state index contributed by atoms with van der Waals surface area (Å²) in [7, 11) is -0.0663. The number of rotatable bonds is 6. The van der Waals surface area contributed by atoms with Crippen molar-refractivity contribution < 1.29 is 14.0 Å². The van der Waals surface area contributed by atoms with Crippen LogP contribution in [-0.2, 0) is 22.6 Å². The molecule has 0 saturated carbocycles. The van der Waals surface area contributed by atoms with E-state index in [4.69, 9.17) is 9.16 Å². The Morgan fingerprint density at radius 3 is 2.69 bits per heavy atom. The van der Waals surface area contributed by atoms with Crippen LogP contribution in [-0.4, -0.2) is 59.6 Å². The summed E-state index contributed by atoms with van der Waals surface area (Å²) in [6.07, 6.45) is 4.60. The number of hydrogen-bond acceptors (Lipinski definition) is 5. The highest BCUT2D eigenvalue weighted by Crippen LogP contribution is 2.39. The van der Waals surface area contributed by atoms with Crippen LogP contribution < -0.4 is 0 Å². The zero-order valence-corrected chi connectivity index (χ0v) is 17.9. The molecule has 0 radical (unpaired) electrons. The number of amides is 1. The highest BCUT2D eigenvalue weighted by molar-refractivity contribution is 6.74. The molecule has 26 heavy (non-hydrogen) atoms. The van der Waals surface area contributed by atoms with Crippen LogP contribution in [0.3, 0.4) is 0 Å². The molecule has 1 aromatic heterocycles. The Morgan fingerprint density at radius 1 is 1.46 bits per heavy atom. The lowest BCUT2D eigenvalue weighted by Gasteiger charge is -2.38. The number of likely N-dealkylation sites (tertiary alicyclic amines) is 1. The van der Waals surface area contributed by atoms with Gasteiger partial charge in [0.1, 0.15) is 6.61 Å². The van der Waals surface area contributed by atoms with E-state index in [1.165, 1.54) is 0 Å². The minimum atomic E-state index is -1.90. The Bertz CT molecular complexity index is 639. The van der Waals surface area contributed by atoms with Crippen LogP contribution in [0.4, 0.5) is 4.79 Å². The van der Waals surface area contributed by atoms with Crippen molar-refractivity contribution in [2.75, 3.05) is 13.2 Å². The van der Waals surface area contributed by atoms with Crippen molar-refractivity contribution in [3.8, 4) is 0 Å². The predicted molar refractivity (Wildman–Crippen MR) is 103 cm³/mol. The number of ether oxygens (including phenoxy) is 1. The third-order valence-electron chi connectivity index (χ3n) is 5.30. The molecule has 1 amide bonds. The molecule has 0 aromatic carbocycles. The van der Waals surface area contributed by atoms with Crippen molar-refractivity contribution >= 4 is 14.4 Å². The molecular weight excluding hydrogens is 348 g/mol. The smallest absolute Gasteiger partial charge is 0.410 e. The number of hydrogen-bond donors (Lipinski definition) is 0. The van der Waals surface area contributed by atoms with Crippen molar-refractivity contribution in [2.24, 2.45) is 7.05 Å². The molecule has 1 aromatic rings. The van der Waals surface area contributed by atoms with Crippen molar-refractivity contribution in [3.05, 3.63) is 24.5 Å². The zero-order chi connectivity index (χ0) is 19.5. The normalized spacial score (nSPS) is 21.1. The third kappa shape index (κ3) is 4.94. The lowest BCUT2D eigenvalue weighted by molar-refractivity contribution is 0.103. The standard InChI is InChI=1S/C18H32N4O3Si/c1-8-9-24-17(23)22-13-16(25-26(6,7)18(2,3)4)11-15(22)10-14-12-21(5)20-19-14/h8,12,15-16H,1,9-11,13H2,2-7H3/t15-,16-/m1/s1. The van der Waals surface area contributed by atoms with Crippen LogP contribution in [0, 0.1) is 0 Å². The Labute approximate surface area is 157 Å². The molecule has 146 valence electrons. The summed E-state index contributed by atoms with van der Waals surface area (Å²) in [6.45, 7) is 15.5. The zero-order valence-electron chi connectivity index (χ0n) is 16.9. The first-order chi connectivity index (χ1) is 12.0. The van der Waals surface area contributed by atoms with Crippen LogP contribution in [0.1, 0.15) is 32.9 Å². The Hall–Kier alpha value is -1.67. The summed E-state index contributed by atoms with van der Waals surface area (Å²) in [4.78, 5) is 14.3. The summed E-state index contributed by atoms with van der Waals surface area (Å²) in [6, 6.07) is -0.00113. The molecule has 0 aliphatic carbocycles. The summed E-state index contributed by atoms with van der Waals surface area (Å²) < 4.78 is 13.5. The topological polar surface area (TPSA) is 69.5 Å². The van der Waals surface area contributed by atoms with Crippen LogP contribution in [0.25, 0.3) is 0 Å². The number of carbonyl (C=O) groups excluding carboxylic acids is 1. The number of carbonyl (C=O) groups is 1. The largest absolute Gasteiger partial charge is 0.445 e. The fraction of sp³-hybridized carbons (Fsp3) is 0.722. The van der Waals surface area contributed by atoms with Gasteiger partial charge in [-0.05, 0) is 24.6 Å². The van der Waals surface area contributed by atoms with Gasteiger partial charge in [-0.25, -0.2) is 4.79 Å². The van der Waals surface area contributed by atoms with Crippen LogP contribution >= 0.6 is 0 Å². The molecule has 2 heterocycles. The van der Waals surface area contributed by atoms with Crippen LogP contribution in [0.5, 0.6) is 0 Å². The van der Waals surface area contributed by atoms with Crippen LogP contribution in [0.15, 0.2) is 18.9 Å². The van der Waals surface area contributed by atoms with E-state index in [9.17, 15) is 4.79 Å².